The van der Waals surface area contributed by atoms with Gasteiger partial charge in [0, 0.05) is 35.7 Å². The molecule has 2 aliphatic heterocycles. The lowest BCUT2D eigenvalue weighted by Gasteiger charge is -2.43. The van der Waals surface area contributed by atoms with Crippen molar-refractivity contribution in [3.63, 3.8) is 0 Å². The number of hydrogen-bond acceptors (Lipinski definition) is 8. The molecule has 2 saturated carbocycles. The normalized spacial score (nSPS) is 44.3. The molecule has 6 rings (SSSR count). The monoisotopic (exact) mass is 552 g/mol. The topological polar surface area (TPSA) is 119 Å². The summed E-state index contributed by atoms with van der Waals surface area (Å²) < 4.78 is 18.1. The number of rotatable bonds is 2. The zero-order chi connectivity index (χ0) is 28.7. The van der Waals surface area contributed by atoms with E-state index in [0.29, 0.717) is 24.8 Å². The summed E-state index contributed by atoms with van der Waals surface area (Å²) in [6.07, 6.45) is 4.76. The number of carbonyl (C=O) groups excluding carboxylic acids is 3. The second kappa shape index (κ2) is 9.41. The van der Waals surface area contributed by atoms with Gasteiger partial charge in [0.05, 0.1) is 18.1 Å². The molecule has 216 valence electrons. The van der Waals surface area contributed by atoms with Crippen molar-refractivity contribution in [3.8, 4) is 0 Å². The molecule has 0 amide bonds. The Bertz CT molecular complexity index is 1270. The van der Waals surface area contributed by atoms with Crippen LogP contribution in [-0.2, 0) is 28.6 Å². The highest BCUT2D eigenvalue weighted by atomic mass is 16.6. The fraction of sp³-hybridized carbons (Fsp3) is 0.656. The molecule has 4 aliphatic carbocycles. The maximum Gasteiger partial charge on any atom is 0.334 e. The van der Waals surface area contributed by atoms with Gasteiger partial charge in [-0.1, -0.05) is 36.3 Å². The van der Waals surface area contributed by atoms with Crippen molar-refractivity contribution in [3.05, 3.63) is 46.6 Å². The van der Waals surface area contributed by atoms with E-state index in [-0.39, 0.29) is 42.9 Å². The van der Waals surface area contributed by atoms with Crippen LogP contribution in [0.15, 0.2) is 46.6 Å². The predicted molar refractivity (Wildman–Crippen MR) is 144 cm³/mol. The molecule has 8 nitrogen and oxygen atoms in total. The van der Waals surface area contributed by atoms with Crippen LogP contribution >= 0.6 is 0 Å². The summed E-state index contributed by atoms with van der Waals surface area (Å²) >= 11 is 0. The van der Waals surface area contributed by atoms with E-state index in [1.807, 2.05) is 26.0 Å². The first-order valence-corrected chi connectivity index (χ1v) is 14.6. The maximum absolute atomic E-state index is 14.2. The van der Waals surface area contributed by atoms with Crippen LogP contribution in [0.5, 0.6) is 0 Å². The van der Waals surface area contributed by atoms with E-state index in [2.05, 4.69) is 13.5 Å². The Morgan fingerprint density at radius 2 is 1.95 bits per heavy atom. The smallest absolute Gasteiger partial charge is 0.334 e. The van der Waals surface area contributed by atoms with Crippen LogP contribution in [0.3, 0.4) is 0 Å². The van der Waals surface area contributed by atoms with Crippen LogP contribution in [0.4, 0.5) is 0 Å². The molecule has 0 radical (unpaired) electrons. The van der Waals surface area contributed by atoms with Crippen LogP contribution in [0, 0.1) is 34.5 Å². The van der Waals surface area contributed by atoms with Gasteiger partial charge in [0.2, 0.25) is 0 Å². The van der Waals surface area contributed by atoms with E-state index in [9.17, 15) is 24.6 Å². The van der Waals surface area contributed by atoms with Crippen LogP contribution in [-0.4, -0.2) is 59.1 Å². The summed E-state index contributed by atoms with van der Waals surface area (Å²) in [4.78, 5) is 39.2. The Morgan fingerprint density at radius 1 is 1.20 bits per heavy atom. The molecule has 8 heteroatoms. The summed E-state index contributed by atoms with van der Waals surface area (Å²) in [6, 6.07) is 0. The molecule has 2 saturated heterocycles. The number of allylic oxidation sites excluding steroid dienone is 2. The van der Waals surface area contributed by atoms with Crippen molar-refractivity contribution in [2.75, 3.05) is 6.61 Å². The summed E-state index contributed by atoms with van der Waals surface area (Å²) in [6.45, 7) is 11.4. The minimum absolute atomic E-state index is 0.0754. The lowest BCUT2D eigenvalue weighted by atomic mass is 9.57. The fourth-order valence-electron chi connectivity index (χ4n) is 9.52. The van der Waals surface area contributed by atoms with Crippen molar-refractivity contribution in [2.24, 2.45) is 34.5 Å². The molecule has 10 atom stereocenters. The van der Waals surface area contributed by atoms with Crippen LogP contribution < -0.4 is 0 Å². The summed E-state index contributed by atoms with van der Waals surface area (Å²) in [5.41, 5.74) is 2.63. The van der Waals surface area contributed by atoms with Crippen LogP contribution in [0.1, 0.15) is 66.2 Å². The van der Waals surface area contributed by atoms with Gasteiger partial charge in [-0.25, -0.2) is 4.79 Å². The van der Waals surface area contributed by atoms with E-state index < -0.39 is 46.9 Å². The lowest BCUT2D eigenvalue weighted by Crippen LogP contribution is -2.47. The summed E-state index contributed by atoms with van der Waals surface area (Å²) in [5.74, 6) is -2.40. The van der Waals surface area contributed by atoms with Gasteiger partial charge in [-0.05, 0) is 69.9 Å². The molecule has 0 aromatic carbocycles. The first-order chi connectivity index (χ1) is 18.9. The number of ether oxygens (including phenoxy) is 3. The van der Waals surface area contributed by atoms with Gasteiger partial charge >= 0.3 is 17.9 Å². The van der Waals surface area contributed by atoms with Crippen molar-refractivity contribution < 1.29 is 38.8 Å². The second-order valence-corrected chi connectivity index (χ2v) is 13.1. The van der Waals surface area contributed by atoms with Crippen molar-refractivity contribution in [1.82, 2.24) is 0 Å². The van der Waals surface area contributed by atoms with E-state index in [1.54, 1.807) is 0 Å². The maximum atomic E-state index is 14.2. The Kier molecular flexibility index (Phi) is 6.46. The highest BCUT2D eigenvalue weighted by Crippen LogP contribution is 2.75. The molecule has 0 aromatic rings. The molecule has 2 heterocycles. The number of esters is 3. The minimum Gasteiger partial charge on any atom is -0.461 e. The van der Waals surface area contributed by atoms with E-state index in [4.69, 9.17) is 14.2 Å². The number of aliphatic hydroxyl groups is 2. The van der Waals surface area contributed by atoms with Crippen molar-refractivity contribution in [2.45, 2.75) is 90.6 Å². The summed E-state index contributed by atoms with van der Waals surface area (Å²) in [7, 11) is 0. The first-order valence-electron chi connectivity index (χ1n) is 14.6. The minimum atomic E-state index is -1.10. The second-order valence-electron chi connectivity index (χ2n) is 13.1. The molecule has 6 aliphatic rings. The molecule has 0 unspecified atom stereocenters. The SMILES string of the molecule is C=C1C(=O)O[C@H]2C[C@H](C)[C@@]34C[C@]5(C(=O)O[C@H]6C=C(C)CCC=C(CO)C[C@H](O)[C@@H]65)[C@@H](C(C)=C3C[C@H]12)[C@@H]4OC(C)=O. The third-order valence-corrected chi connectivity index (χ3v) is 11.1. The largest absolute Gasteiger partial charge is 0.461 e. The number of fused-ring (bicyclic) bond motifs is 5. The van der Waals surface area contributed by atoms with Gasteiger partial charge < -0.3 is 24.4 Å². The Balaban J connectivity index is 1.52. The predicted octanol–water partition coefficient (Wildman–Crippen LogP) is 3.72. The molecular weight excluding hydrogens is 512 g/mol. The van der Waals surface area contributed by atoms with Gasteiger partial charge in [-0.2, -0.15) is 0 Å². The Labute approximate surface area is 235 Å². The fourth-order valence-corrected chi connectivity index (χ4v) is 9.52. The zero-order valence-electron chi connectivity index (χ0n) is 23.8. The Hall–Kier alpha value is -2.71. The average Bonchev–Trinajstić information content (AvgIpc) is 3.46. The van der Waals surface area contributed by atoms with Gasteiger partial charge in [0.15, 0.2) is 0 Å². The highest BCUT2D eigenvalue weighted by Gasteiger charge is 2.79. The van der Waals surface area contributed by atoms with Crippen LogP contribution in [0.25, 0.3) is 0 Å². The van der Waals surface area contributed by atoms with Gasteiger partial charge in [0.1, 0.15) is 18.3 Å². The van der Waals surface area contributed by atoms with Gasteiger partial charge in [-0.15, -0.1) is 0 Å². The van der Waals surface area contributed by atoms with E-state index >= 15 is 0 Å². The number of aliphatic hydroxyl groups excluding tert-OH is 2. The molecule has 2 N–H and O–H groups in total. The quantitative estimate of drug-likeness (QED) is 0.230. The van der Waals surface area contributed by atoms with Gasteiger partial charge in [0.25, 0.3) is 0 Å². The zero-order valence-corrected chi connectivity index (χ0v) is 23.8. The number of hydrogen-bond donors (Lipinski definition) is 2. The average molecular weight is 553 g/mol. The van der Waals surface area contributed by atoms with Crippen molar-refractivity contribution in [1.29, 1.82) is 0 Å². The number of carbonyl (C=O) groups is 3. The first kappa shape index (κ1) is 27.5. The van der Waals surface area contributed by atoms with Gasteiger partial charge in [-0.3, -0.25) is 9.59 Å². The van der Waals surface area contributed by atoms with E-state index in [1.165, 1.54) is 6.92 Å². The highest BCUT2D eigenvalue weighted by molar-refractivity contribution is 5.91. The lowest BCUT2D eigenvalue weighted by molar-refractivity contribution is -0.156. The third kappa shape index (κ3) is 3.60. The third-order valence-electron chi connectivity index (χ3n) is 11.1. The Morgan fingerprint density at radius 3 is 2.65 bits per heavy atom. The molecular formula is C32H40O8. The van der Waals surface area contributed by atoms with Crippen LogP contribution in [0.2, 0.25) is 0 Å². The van der Waals surface area contributed by atoms with Crippen molar-refractivity contribution >= 4 is 17.9 Å². The molecule has 40 heavy (non-hydrogen) atoms. The molecule has 0 aromatic heterocycles. The standard InChI is InChI=1S/C32H40O8/c1-15-7-6-8-20(13-33)11-23(35)27-25(9-15)40-30(37)32(27)14-31-16(2)10-24-21(17(3)29(36)39-24)12-22(31)18(4)26(32)28(31)38-19(5)34/h8-9,16,21,23-28,33,35H,3,6-7,10-14H2,1-2,4-5H3/t16-,21+,23-,24-,25-,26-,27-,28-,31-,32-/m0/s1. The summed E-state index contributed by atoms with van der Waals surface area (Å²) in [5, 5.41) is 21.8. The van der Waals surface area contributed by atoms with E-state index in [0.717, 1.165) is 35.1 Å². The molecule has 4 fully saturated rings. The molecule has 2 spiro atoms. The molecule has 2 bridgehead atoms.